The van der Waals surface area contributed by atoms with Gasteiger partial charge in [-0.1, -0.05) is 182 Å². The third-order valence-electron chi connectivity index (χ3n) is 14.8. The number of para-hydroxylation sites is 4. The molecule has 5 nitrogen and oxygen atoms in total. The van der Waals surface area contributed by atoms with E-state index in [4.69, 9.17) is 14.7 Å². The van der Waals surface area contributed by atoms with Crippen LogP contribution in [0.2, 0.25) is 0 Å². The molecule has 12 aromatic rings. The van der Waals surface area contributed by atoms with Crippen molar-refractivity contribution < 1.29 is 4.74 Å². The molecule has 3 heterocycles. The van der Waals surface area contributed by atoms with Crippen molar-refractivity contribution in [2.45, 2.75) is 5.41 Å². The molecular weight excluding hydrogens is 853 g/mol. The number of anilines is 3. The first kappa shape index (κ1) is 38.8. The summed E-state index contributed by atoms with van der Waals surface area (Å²) >= 11 is 0. The van der Waals surface area contributed by atoms with Gasteiger partial charge in [-0.3, -0.25) is 0 Å². The number of rotatable bonds is 5. The molecular formula is C65H40N4O. The van der Waals surface area contributed by atoms with Crippen LogP contribution in [-0.4, -0.2) is 14.5 Å². The molecule has 0 N–H and O–H groups in total. The Morgan fingerprint density at radius 3 is 1.77 bits per heavy atom. The van der Waals surface area contributed by atoms with Crippen LogP contribution in [0.3, 0.4) is 0 Å². The van der Waals surface area contributed by atoms with E-state index in [1.54, 1.807) is 0 Å². The number of benzene rings is 10. The fraction of sp³-hybridized carbons (Fsp3) is 0.0154. The molecule has 0 atom stereocenters. The zero-order valence-corrected chi connectivity index (χ0v) is 37.8. The van der Waals surface area contributed by atoms with E-state index >= 15 is 0 Å². The lowest BCUT2D eigenvalue weighted by Gasteiger charge is -2.33. The molecule has 0 saturated carbocycles. The summed E-state index contributed by atoms with van der Waals surface area (Å²) in [5.74, 6) is 2.31. The lowest BCUT2D eigenvalue weighted by molar-refractivity contribution is 0.483. The van der Waals surface area contributed by atoms with Gasteiger partial charge in [0.25, 0.3) is 0 Å². The van der Waals surface area contributed by atoms with Crippen molar-refractivity contribution >= 4 is 38.9 Å². The van der Waals surface area contributed by atoms with Crippen LogP contribution in [0.25, 0.3) is 83.6 Å². The largest absolute Gasteiger partial charge is 0.452 e. The first-order valence-corrected chi connectivity index (χ1v) is 23.9. The van der Waals surface area contributed by atoms with E-state index in [1.807, 2.05) is 6.07 Å². The first-order chi connectivity index (χ1) is 34.7. The fourth-order valence-corrected chi connectivity index (χ4v) is 12.0. The molecule has 0 fully saturated rings. The van der Waals surface area contributed by atoms with E-state index in [9.17, 15) is 0 Å². The topological polar surface area (TPSA) is 43.2 Å². The van der Waals surface area contributed by atoms with Gasteiger partial charge in [0, 0.05) is 33.5 Å². The minimum atomic E-state index is -0.461. The van der Waals surface area contributed by atoms with Gasteiger partial charge in [0.2, 0.25) is 0 Å². The molecule has 5 heteroatoms. The maximum atomic E-state index is 6.95. The Labute approximate surface area is 404 Å². The van der Waals surface area contributed by atoms with Crippen LogP contribution in [-0.2, 0) is 5.41 Å². The van der Waals surface area contributed by atoms with Crippen LogP contribution in [0.4, 0.5) is 17.1 Å². The van der Waals surface area contributed by atoms with E-state index in [0.717, 1.165) is 84.1 Å². The van der Waals surface area contributed by atoms with Gasteiger partial charge in [0.1, 0.15) is 0 Å². The number of aromatic nitrogens is 3. The monoisotopic (exact) mass is 892 g/mol. The van der Waals surface area contributed by atoms with Crippen LogP contribution >= 0.6 is 0 Å². The third-order valence-corrected chi connectivity index (χ3v) is 14.8. The van der Waals surface area contributed by atoms with Gasteiger partial charge in [-0.2, -0.15) is 0 Å². The van der Waals surface area contributed by atoms with E-state index in [-0.39, 0.29) is 0 Å². The van der Waals surface area contributed by atoms with Crippen molar-refractivity contribution in [1.29, 1.82) is 0 Å². The van der Waals surface area contributed by atoms with Crippen LogP contribution in [0, 0.1) is 0 Å². The zero-order valence-electron chi connectivity index (χ0n) is 37.8. The highest BCUT2D eigenvalue weighted by Gasteiger charge is 2.52. The van der Waals surface area contributed by atoms with Gasteiger partial charge in [-0.05, 0) is 105 Å². The standard InChI is InChI=1S/C65H40N4O/c1-3-19-41(20-4-1)54-40-55(48-29-18-33-53-61(48)47-27-9-13-32-52(47)65(53)50-30-11-7-25-45(50)46-26-8-12-31-51(46)65)67-64(66-54)42-21-17-24-44(39-42)69-56-34-14-10-28-49(56)62-58(69)37-38-59-63(62)70-60-36-16-15-35-57(60)68(59)43-22-5-2-6-23-43/h1-40H. The summed E-state index contributed by atoms with van der Waals surface area (Å²) in [6.45, 7) is 0. The van der Waals surface area contributed by atoms with Crippen LogP contribution in [0.1, 0.15) is 22.3 Å². The Balaban J connectivity index is 0.928. The van der Waals surface area contributed by atoms with Gasteiger partial charge in [-0.25, -0.2) is 9.97 Å². The number of fused-ring (bicyclic) bond motifs is 16. The number of hydrogen-bond donors (Lipinski definition) is 0. The zero-order chi connectivity index (χ0) is 45.9. The molecule has 2 aromatic heterocycles. The summed E-state index contributed by atoms with van der Waals surface area (Å²) in [5.41, 5.74) is 20.8. The molecule has 3 aliphatic rings. The van der Waals surface area contributed by atoms with Gasteiger partial charge in [-0.15, -0.1) is 0 Å². The Bertz CT molecular complexity index is 4070. The summed E-state index contributed by atoms with van der Waals surface area (Å²) in [7, 11) is 0. The van der Waals surface area contributed by atoms with E-state index in [0.29, 0.717) is 5.82 Å². The lowest BCUT2D eigenvalue weighted by Crippen LogP contribution is -2.25. The van der Waals surface area contributed by atoms with Gasteiger partial charge in [0.05, 0.1) is 44.6 Å². The minimum absolute atomic E-state index is 0.461. The number of hydrogen-bond acceptors (Lipinski definition) is 4. The van der Waals surface area contributed by atoms with Crippen molar-refractivity contribution in [1.82, 2.24) is 14.5 Å². The van der Waals surface area contributed by atoms with Crippen molar-refractivity contribution in [3.8, 4) is 73.3 Å². The Kier molecular flexibility index (Phi) is 8.21. The highest BCUT2D eigenvalue weighted by molar-refractivity contribution is 6.15. The highest BCUT2D eigenvalue weighted by atomic mass is 16.5. The summed E-state index contributed by atoms with van der Waals surface area (Å²) in [5, 5.41) is 2.17. The molecule has 0 unspecified atom stereocenters. The maximum Gasteiger partial charge on any atom is 0.161 e. The molecule has 1 spiro atoms. The van der Waals surface area contributed by atoms with Gasteiger partial charge >= 0.3 is 0 Å². The molecule has 15 rings (SSSR count). The predicted molar refractivity (Wildman–Crippen MR) is 284 cm³/mol. The SMILES string of the molecule is c1ccc(-c2cc(-c3cccc4c3-c3ccccc3C43c4ccccc4-c4ccccc43)nc(-c3cccc(-n4c5ccccc5c5c6c(ccc54)N(c4ccccc4)c4ccccc4O6)c3)n2)cc1. The Morgan fingerprint density at radius 2 is 0.971 bits per heavy atom. The van der Waals surface area contributed by atoms with Crippen molar-refractivity contribution in [3.63, 3.8) is 0 Å². The molecule has 0 bridgehead atoms. The number of ether oxygens (including phenoxy) is 1. The molecule has 326 valence electrons. The van der Waals surface area contributed by atoms with E-state index in [1.165, 1.54) is 44.5 Å². The van der Waals surface area contributed by atoms with Crippen LogP contribution in [0.5, 0.6) is 11.5 Å². The summed E-state index contributed by atoms with van der Waals surface area (Å²) < 4.78 is 9.30. The molecule has 2 aliphatic carbocycles. The number of nitrogens with zero attached hydrogens (tertiary/aromatic N) is 4. The molecule has 0 amide bonds. The van der Waals surface area contributed by atoms with Crippen molar-refractivity contribution in [2.75, 3.05) is 4.90 Å². The Morgan fingerprint density at radius 1 is 0.386 bits per heavy atom. The Hall–Kier alpha value is -9.32. The lowest BCUT2D eigenvalue weighted by atomic mass is 9.70. The second-order valence-electron chi connectivity index (χ2n) is 18.4. The molecule has 0 radical (unpaired) electrons. The molecule has 70 heavy (non-hydrogen) atoms. The van der Waals surface area contributed by atoms with Crippen LogP contribution < -0.4 is 9.64 Å². The van der Waals surface area contributed by atoms with E-state index in [2.05, 4.69) is 246 Å². The third kappa shape index (κ3) is 5.37. The van der Waals surface area contributed by atoms with Crippen LogP contribution in [0.15, 0.2) is 243 Å². The second kappa shape index (κ2) is 14.8. The minimum Gasteiger partial charge on any atom is -0.452 e. The van der Waals surface area contributed by atoms with Crippen molar-refractivity contribution in [2.24, 2.45) is 0 Å². The fourth-order valence-electron chi connectivity index (χ4n) is 12.0. The van der Waals surface area contributed by atoms with E-state index < -0.39 is 5.41 Å². The quantitative estimate of drug-likeness (QED) is 0.173. The van der Waals surface area contributed by atoms with Gasteiger partial charge in [0.15, 0.2) is 17.3 Å². The summed E-state index contributed by atoms with van der Waals surface area (Å²) in [6.07, 6.45) is 0. The van der Waals surface area contributed by atoms with Gasteiger partial charge < -0.3 is 14.2 Å². The molecule has 1 aliphatic heterocycles. The molecule has 0 saturated heterocycles. The smallest absolute Gasteiger partial charge is 0.161 e. The maximum absolute atomic E-state index is 6.95. The summed E-state index contributed by atoms with van der Waals surface area (Å²) in [4.78, 5) is 13.3. The summed E-state index contributed by atoms with van der Waals surface area (Å²) in [6, 6.07) is 86.9. The second-order valence-corrected chi connectivity index (χ2v) is 18.4. The first-order valence-electron chi connectivity index (χ1n) is 23.9. The average molecular weight is 893 g/mol. The highest BCUT2D eigenvalue weighted by Crippen LogP contribution is 2.64. The average Bonchev–Trinajstić information content (AvgIpc) is 4.05. The molecule has 10 aromatic carbocycles. The van der Waals surface area contributed by atoms with Crippen molar-refractivity contribution in [3.05, 3.63) is 265 Å². The normalized spacial score (nSPS) is 13.3. The predicted octanol–water partition coefficient (Wildman–Crippen LogP) is 16.5.